The quantitative estimate of drug-likeness (QED) is 0.888. The lowest BCUT2D eigenvalue weighted by Gasteiger charge is -2.05. The van der Waals surface area contributed by atoms with Crippen LogP contribution in [0.2, 0.25) is 0 Å². The number of aryl methyl sites for hydroxylation is 1. The third kappa shape index (κ3) is 3.44. The second kappa shape index (κ2) is 5.85. The van der Waals surface area contributed by atoms with Gasteiger partial charge >= 0.3 is 6.01 Å². The van der Waals surface area contributed by atoms with E-state index in [1.807, 2.05) is 6.92 Å². The zero-order valence-corrected chi connectivity index (χ0v) is 10.6. The standard InChI is InChI=1S/C12H13N5O2/c1-3-19-12-15-5-9(6-16-12)17-11(18)10-7-13-8(2)4-14-10/h4-7H,3H2,1-2H3,(H,17,18). The average Bonchev–Trinajstić information content (AvgIpc) is 2.42. The molecule has 0 bridgehead atoms. The maximum Gasteiger partial charge on any atom is 0.316 e. The molecule has 0 aromatic carbocycles. The number of anilines is 1. The molecule has 0 aliphatic rings. The lowest BCUT2D eigenvalue weighted by atomic mass is 10.4. The zero-order valence-electron chi connectivity index (χ0n) is 10.6. The molecule has 1 amide bonds. The van der Waals surface area contributed by atoms with Gasteiger partial charge in [0, 0.05) is 6.20 Å². The van der Waals surface area contributed by atoms with Crippen LogP contribution in [0, 0.1) is 6.92 Å². The Morgan fingerprint density at radius 1 is 1.16 bits per heavy atom. The molecule has 2 rings (SSSR count). The fraction of sp³-hybridized carbons (Fsp3) is 0.250. The Kier molecular flexibility index (Phi) is 3.97. The van der Waals surface area contributed by atoms with E-state index in [1.165, 1.54) is 24.8 Å². The van der Waals surface area contributed by atoms with Gasteiger partial charge in [0.05, 0.1) is 36.6 Å². The minimum atomic E-state index is -0.361. The molecule has 0 radical (unpaired) electrons. The summed E-state index contributed by atoms with van der Waals surface area (Å²) in [4.78, 5) is 27.7. The van der Waals surface area contributed by atoms with Crippen molar-refractivity contribution in [1.82, 2.24) is 19.9 Å². The van der Waals surface area contributed by atoms with E-state index in [2.05, 4.69) is 25.3 Å². The highest BCUT2D eigenvalue weighted by Crippen LogP contribution is 2.08. The number of amides is 1. The van der Waals surface area contributed by atoms with E-state index in [1.54, 1.807) is 6.92 Å². The SMILES string of the molecule is CCOc1ncc(NC(=O)c2cnc(C)cn2)cn1. The molecule has 98 valence electrons. The van der Waals surface area contributed by atoms with Crippen molar-refractivity contribution in [3.63, 3.8) is 0 Å². The zero-order chi connectivity index (χ0) is 13.7. The Balaban J connectivity index is 2.04. The van der Waals surface area contributed by atoms with Crippen molar-refractivity contribution < 1.29 is 9.53 Å². The predicted octanol–water partition coefficient (Wildman–Crippen LogP) is 1.23. The minimum absolute atomic E-state index is 0.236. The van der Waals surface area contributed by atoms with E-state index in [0.717, 1.165) is 5.69 Å². The predicted molar refractivity (Wildman–Crippen MR) is 67.9 cm³/mol. The number of rotatable bonds is 4. The van der Waals surface area contributed by atoms with E-state index in [4.69, 9.17) is 4.74 Å². The summed E-state index contributed by atoms with van der Waals surface area (Å²) in [6.07, 6.45) is 5.89. The summed E-state index contributed by atoms with van der Waals surface area (Å²) in [5.41, 5.74) is 1.45. The van der Waals surface area contributed by atoms with Crippen LogP contribution in [0.25, 0.3) is 0 Å². The molecule has 1 N–H and O–H groups in total. The van der Waals surface area contributed by atoms with Crippen LogP contribution in [-0.4, -0.2) is 32.4 Å². The molecule has 2 heterocycles. The average molecular weight is 259 g/mol. The highest BCUT2D eigenvalue weighted by Gasteiger charge is 2.08. The maximum atomic E-state index is 11.8. The molecule has 0 saturated heterocycles. The van der Waals surface area contributed by atoms with Crippen molar-refractivity contribution in [1.29, 1.82) is 0 Å². The van der Waals surface area contributed by atoms with Crippen molar-refractivity contribution in [2.75, 3.05) is 11.9 Å². The van der Waals surface area contributed by atoms with Gasteiger partial charge in [-0.15, -0.1) is 0 Å². The highest BCUT2D eigenvalue weighted by molar-refractivity contribution is 6.02. The van der Waals surface area contributed by atoms with E-state index in [9.17, 15) is 4.79 Å². The van der Waals surface area contributed by atoms with Crippen LogP contribution in [-0.2, 0) is 0 Å². The van der Waals surface area contributed by atoms with E-state index in [0.29, 0.717) is 12.3 Å². The smallest absolute Gasteiger partial charge is 0.316 e. The number of carbonyl (C=O) groups excluding carboxylic acids is 1. The van der Waals surface area contributed by atoms with Crippen LogP contribution in [0.5, 0.6) is 6.01 Å². The van der Waals surface area contributed by atoms with Gasteiger partial charge in [0.2, 0.25) is 0 Å². The summed E-state index contributed by atoms with van der Waals surface area (Å²) in [6, 6.07) is 0.274. The monoisotopic (exact) mass is 259 g/mol. The number of hydrogen-bond acceptors (Lipinski definition) is 6. The van der Waals surface area contributed by atoms with Gasteiger partial charge in [-0.05, 0) is 13.8 Å². The van der Waals surface area contributed by atoms with Gasteiger partial charge in [-0.25, -0.2) is 15.0 Å². The molecule has 0 fully saturated rings. The van der Waals surface area contributed by atoms with Crippen molar-refractivity contribution in [3.05, 3.63) is 36.2 Å². The van der Waals surface area contributed by atoms with E-state index in [-0.39, 0.29) is 17.6 Å². The third-order valence-electron chi connectivity index (χ3n) is 2.17. The maximum absolute atomic E-state index is 11.8. The first kappa shape index (κ1) is 12.9. The second-order valence-corrected chi connectivity index (χ2v) is 3.68. The molecule has 7 heteroatoms. The van der Waals surface area contributed by atoms with Gasteiger partial charge in [0.25, 0.3) is 5.91 Å². The first-order valence-corrected chi connectivity index (χ1v) is 5.74. The molecule has 0 saturated carbocycles. The number of nitrogens with zero attached hydrogens (tertiary/aromatic N) is 4. The fourth-order valence-electron chi connectivity index (χ4n) is 1.29. The molecule has 2 aromatic heterocycles. The molecule has 0 unspecified atom stereocenters. The second-order valence-electron chi connectivity index (χ2n) is 3.68. The number of nitrogens with one attached hydrogen (secondary N) is 1. The normalized spacial score (nSPS) is 10.0. The van der Waals surface area contributed by atoms with E-state index >= 15 is 0 Å². The summed E-state index contributed by atoms with van der Waals surface area (Å²) in [5, 5.41) is 2.62. The van der Waals surface area contributed by atoms with Gasteiger partial charge in [-0.1, -0.05) is 0 Å². The summed E-state index contributed by atoms with van der Waals surface area (Å²) in [7, 11) is 0. The van der Waals surface area contributed by atoms with Crippen molar-refractivity contribution in [3.8, 4) is 6.01 Å². The number of hydrogen-bond donors (Lipinski definition) is 1. The molecule has 7 nitrogen and oxygen atoms in total. The lowest BCUT2D eigenvalue weighted by Crippen LogP contribution is -2.14. The number of aromatic nitrogens is 4. The van der Waals surface area contributed by atoms with Gasteiger partial charge < -0.3 is 10.1 Å². The Labute approximate surface area is 110 Å². The molecule has 0 aliphatic carbocycles. The first-order valence-electron chi connectivity index (χ1n) is 5.74. The fourth-order valence-corrected chi connectivity index (χ4v) is 1.29. The lowest BCUT2D eigenvalue weighted by molar-refractivity contribution is 0.102. The number of carbonyl (C=O) groups is 1. The Morgan fingerprint density at radius 3 is 2.47 bits per heavy atom. The van der Waals surface area contributed by atoms with Gasteiger partial charge in [0.1, 0.15) is 5.69 Å². The van der Waals surface area contributed by atoms with Crippen molar-refractivity contribution >= 4 is 11.6 Å². The van der Waals surface area contributed by atoms with Crippen LogP contribution in [0.1, 0.15) is 23.1 Å². The summed E-state index contributed by atoms with van der Waals surface area (Å²) < 4.78 is 5.11. The van der Waals surface area contributed by atoms with Crippen molar-refractivity contribution in [2.45, 2.75) is 13.8 Å². The summed E-state index contributed by atoms with van der Waals surface area (Å²) >= 11 is 0. The molecule has 19 heavy (non-hydrogen) atoms. The molecule has 0 aliphatic heterocycles. The molecule has 2 aromatic rings. The van der Waals surface area contributed by atoms with Crippen LogP contribution < -0.4 is 10.1 Å². The Morgan fingerprint density at radius 2 is 1.89 bits per heavy atom. The Bertz CT molecular complexity index is 553. The van der Waals surface area contributed by atoms with Crippen LogP contribution in [0.15, 0.2) is 24.8 Å². The van der Waals surface area contributed by atoms with Crippen LogP contribution >= 0.6 is 0 Å². The topological polar surface area (TPSA) is 89.9 Å². The minimum Gasteiger partial charge on any atom is -0.464 e. The molecule has 0 spiro atoms. The molecular formula is C12H13N5O2. The van der Waals surface area contributed by atoms with Crippen LogP contribution in [0.3, 0.4) is 0 Å². The Hall–Kier alpha value is -2.57. The number of ether oxygens (including phenoxy) is 1. The summed E-state index contributed by atoms with van der Waals surface area (Å²) in [5.74, 6) is -0.361. The first-order chi connectivity index (χ1) is 9.19. The largest absolute Gasteiger partial charge is 0.464 e. The van der Waals surface area contributed by atoms with Gasteiger partial charge in [-0.2, -0.15) is 0 Å². The third-order valence-corrected chi connectivity index (χ3v) is 2.17. The van der Waals surface area contributed by atoms with Crippen LogP contribution in [0.4, 0.5) is 5.69 Å². The van der Waals surface area contributed by atoms with Crippen molar-refractivity contribution in [2.24, 2.45) is 0 Å². The molecule has 0 atom stereocenters. The van der Waals surface area contributed by atoms with Gasteiger partial charge in [0.15, 0.2) is 0 Å². The summed E-state index contributed by atoms with van der Waals surface area (Å²) in [6.45, 7) is 4.13. The van der Waals surface area contributed by atoms with Gasteiger partial charge in [-0.3, -0.25) is 9.78 Å². The molecular weight excluding hydrogens is 246 g/mol. The highest BCUT2D eigenvalue weighted by atomic mass is 16.5. The van der Waals surface area contributed by atoms with E-state index < -0.39 is 0 Å².